The highest BCUT2D eigenvalue weighted by molar-refractivity contribution is 7.92. The summed E-state index contributed by atoms with van der Waals surface area (Å²) in [5.74, 6) is 0.203. The van der Waals surface area contributed by atoms with Gasteiger partial charge in [-0.1, -0.05) is 24.3 Å². The minimum absolute atomic E-state index is 0.144. The lowest BCUT2D eigenvalue weighted by Crippen LogP contribution is -2.29. The summed E-state index contributed by atoms with van der Waals surface area (Å²) in [7, 11) is -3.31. The summed E-state index contributed by atoms with van der Waals surface area (Å²) in [6.07, 6.45) is 4.42. The van der Waals surface area contributed by atoms with Gasteiger partial charge in [-0.05, 0) is 54.7 Å². The van der Waals surface area contributed by atoms with Crippen molar-refractivity contribution >= 4 is 21.6 Å². The van der Waals surface area contributed by atoms with Crippen LogP contribution in [0.15, 0.2) is 48.5 Å². The van der Waals surface area contributed by atoms with Gasteiger partial charge in [0.1, 0.15) is 0 Å². The smallest absolute Gasteiger partial charge is 0.251 e. The van der Waals surface area contributed by atoms with E-state index in [0.717, 1.165) is 25.5 Å². The van der Waals surface area contributed by atoms with Crippen LogP contribution >= 0.6 is 0 Å². The van der Waals surface area contributed by atoms with Gasteiger partial charge in [-0.15, -0.1) is 0 Å². The molecule has 2 N–H and O–H groups in total. The molecule has 3 rings (SSSR count). The first-order valence-corrected chi connectivity index (χ1v) is 10.3. The molecule has 0 fully saturated rings. The Hall–Kier alpha value is -2.34. The molecule has 1 amide bonds. The lowest BCUT2D eigenvalue weighted by atomic mass is 9.83. The lowest BCUT2D eigenvalue weighted by molar-refractivity contribution is 0.0950. The van der Waals surface area contributed by atoms with E-state index in [0.29, 0.717) is 23.7 Å². The van der Waals surface area contributed by atoms with E-state index in [1.165, 1.54) is 11.1 Å². The quantitative estimate of drug-likeness (QED) is 0.863. The van der Waals surface area contributed by atoms with Crippen LogP contribution < -0.4 is 10.0 Å². The van der Waals surface area contributed by atoms with Crippen molar-refractivity contribution in [2.45, 2.75) is 25.2 Å². The van der Waals surface area contributed by atoms with Crippen molar-refractivity contribution in [2.24, 2.45) is 0 Å². The molecule has 0 bridgehead atoms. The number of aryl methyl sites for hydroxylation is 1. The maximum Gasteiger partial charge on any atom is 0.251 e. The van der Waals surface area contributed by atoms with Gasteiger partial charge < -0.3 is 5.32 Å². The SMILES string of the molecule is CS(=O)(=O)Nc1ccc(C(=O)NCC2CCCc3ccccc32)cc1. The molecule has 1 atom stereocenters. The average molecular weight is 358 g/mol. The molecule has 2 aromatic carbocycles. The minimum Gasteiger partial charge on any atom is -0.351 e. The van der Waals surface area contributed by atoms with Gasteiger partial charge in [-0.2, -0.15) is 0 Å². The molecular formula is C19H22N2O3S. The largest absolute Gasteiger partial charge is 0.351 e. The Kier molecular flexibility index (Phi) is 5.08. The van der Waals surface area contributed by atoms with Crippen molar-refractivity contribution in [1.82, 2.24) is 5.32 Å². The Labute approximate surface area is 148 Å². The zero-order valence-electron chi connectivity index (χ0n) is 14.2. The van der Waals surface area contributed by atoms with Crippen molar-refractivity contribution in [3.8, 4) is 0 Å². The molecule has 132 valence electrons. The van der Waals surface area contributed by atoms with Crippen LogP contribution in [0.4, 0.5) is 5.69 Å². The number of amides is 1. The third-order valence-corrected chi connectivity index (χ3v) is 5.06. The molecule has 1 unspecified atom stereocenters. The third kappa shape index (κ3) is 4.60. The van der Waals surface area contributed by atoms with Crippen molar-refractivity contribution in [2.75, 3.05) is 17.5 Å². The number of hydrogen-bond donors (Lipinski definition) is 2. The summed E-state index contributed by atoms with van der Waals surface area (Å²) in [5, 5.41) is 3.00. The molecule has 0 radical (unpaired) electrons. The van der Waals surface area contributed by atoms with Crippen molar-refractivity contribution in [3.63, 3.8) is 0 Å². The zero-order chi connectivity index (χ0) is 17.9. The number of hydrogen-bond acceptors (Lipinski definition) is 3. The Bertz CT molecular complexity index is 860. The van der Waals surface area contributed by atoms with Crippen molar-refractivity contribution < 1.29 is 13.2 Å². The topological polar surface area (TPSA) is 75.3 Å². The number of rotatable bonds is 5. The van der Waals surface area contributed by atoms with E-state index in [4.69, 9.17) is 0 Å². The number of anilines is 1. The van der Waals surface area contributed by atoms with Crippen LogP contribution in [-0.4, -0.2) is 27.1 Å². The first-order valence-electron chi connectivity index (χ1n) is 8.36. The number of nitrogens with one attached hydrogen (secondary N) is 2. The van der Waals surface area contributed by atoms with E-state index in [1.807, 2.05) is 6.07 Å². The third-order valence-electron chi connectivity index (χ3n) is 4.45. The van der Waals surface area contributed by atoms with Gasteiger partial charge in [0.2, 0.25) is 10.0 Å². The van der Waals surface area contributed by atoms with Gasteiger partial charge in [0, 0.05) is 23.7 Å². The Morgan fingerprint density at radius 1 is 1.12 bits per heavy atom. The summed E-state index contributed by atoms with van der Waals surface area (Å²) in [4.78, 5) is 12.3. The summed E-state index contributed by atoms with van der Waals surface area (Å²) < 4.78 is 24.8. The first kappa shape index (κ1) is 17.5. The highest BCUT2D eigenvalue weighted by atomic mass is 32.2. The van der Waals surface area contributed by atoms with Crippen LogP contribution in [0, 0.1) is 0 Å². The van der Waals surface area contributed by atoms with E-state index in [9.17, 15) is 13.2 Å². The van der Waals surface area contributed by atoms with E-state index in [1.54, 1.807) is 24.3 Å². The summed E-state index contributed by atoms with van der Waals surface area (Å²) in [6.45, 7) is 0.610. The Morgan fingerprint density at radius 2 is 1.84 bits per heavy atom. The maximum atomic E-state index is 12.3. The minimum atomic E-state index is -3.31. The van der Waals surface area contributed by atoms with Crippen molar-refractivity contribution in [3.05, 3.63) is 65.2 Å². The Morgan fingerprint density at radius 3 is 2.56 bits per heavy atom. The second-order valence-corrected chi connectivity index (χ2v) is 8.20. The lowest BCUT2D eigenvalue weighted by Gasteiger charge is -2.25. The van der Waals surface area contributed by atoms with Crippen molar-refractivity contribution in [1.29, 1.82) is 0 Å². The number of sulfonamides is 1. The van der Waals surface area contributed by atoms with E-state index in [-0.39, 0.29) is 5.91 Å². The average Bonchev–Trinajstić information content (AvgIpc) is 2.59. The fourth-order valence-corrected chi connectivity index (χ4v) is 3.85. The van der Waals surface area contributed by atoms with Gasteiger partial charge in [0.05, 0.1) is 6.26 Å². The molecule has 25 heavy (non-hydrogen) atoms. The molecular weight excluding hydrogens is 336 g/mol. The first-order chi connectivity index (χ1) is 11.9. The van der Waals surface area contributed by atoms with Crippen LogP contribution in [0.1, 0.15) is 40.2 Å². The second kappa shape index (κ2) is 7.27. The summed E-state index contributed by atoms with van der Waals surface area (Å²) >= 11 is 0. The number of fused-ring (bicyclic) bond motifs is 1. The predicted molar refractivity (Wildman–Crippen MR) is 99.4 cm³/mol. The highest BCUT2D eigenvalue weighted by Gasteiger charge is 2.20. The van der Waals surface area contributed by atoms with E-state index < -0.39 is 10.0 Å². The standard InChI is InChI=1S/C19H22N2O3S/c1-25(23,24)21-17-11-9-15(10-12-17)19(22)20-13-16-7-4-6-14-5-2-3-8-18(14)16/h2-3,5,8-12,16,21H,4,6-7,13H2,1H3,(H,20,22). The van der Waals surface area contributed by atoms with Gasteiger partial charge in [0.15, 0.2) is 0 Å². The van der Waals surface area contributed by atoms with Crippen LogP contribution in [-0.2, 0) is 16.4 Å². The Balaban J connectivity index is 1.62. The summed E-state index contributed by atoms with van der Waals surface area (Å²) in [5.41, 5.74) is 3.68. The maximum absolute atomic E-state index is 12.3. The molecule has 1 aliphatic rings. The van der Waals surface area contributed by atoms with Crippen LogP contribution in [0.3, 0.4) is 0 Å². The number of carbonyl (C=O) groups excluding carboxylic acids is 1. The van der Waals surface area contributed by atoms with Gasteiger partial charge in [-0.3, -0.25) is 9.52 Å². The molecule has 5 nitrogen and oxygen atoms in total. The fourth-order valence-electron chi connectivity index (χ4n) is 3.29. The van der Waals surface area contributed by atoms with Crippen LogP contribution in [0.5, 0.6) is 0 Å². The number of carbonyl (C=O) groups is 1. The fraction of sp³-hybridized carbons (Fsp3) is 0.316. The summed E-state index contributed by atoms with van der Waals surface area (Å²) in [6, 6.07) is 14.8. The monoisotopic (exact) mass is 358 g/mol. The second-order valence-electron chi connectivity index (χ2n) is 6.45. The molecule has 0 aromatic heterocycles. The molecule has 0 saturated carbocycles. The molecule has 2 aromatic rings. The molecule has 1 aliphatic carbocycles. The van der Waals surface area contributed by atoms with Gasteiger partial charge >= 0.3 is 0 Å². The van der Waals surface area contributed by atoms with Gasteiger partial charge in [-0.25, -0.2) is 8.42 Å². The van der Waals surface area contributed by atoms with Crippen LogP contribution in [0.25, 0.3) is 0 Å². The molecule has 0 spiro atoms. The highest BCUT2D eigenvalue weighted by Crippen LogP contribution is 2.30. The predicted octanol–water partition coefficient (Wildman–Crippen LogP) is 2.91. The molecule has 0 aliphatic heterocycles. The molecule has 0 saturated heterocycles. The van der Waals surface area contributed by atoms with Gasteiger partial charge in [0.25, 0.3) is 5.91 Å². The van der Waals surface area contributed by atoms with Crippen LogP contribution in [0.2, 0.25) is 0 Å². The number of benzene rings is 2. The molecule has 6 heteroatoms. The zero-order valence-corrected chi connectivity index (χ0v) is 15.0. The van der Waals surface area contributed by atoms with E-state index >= 15 is 0 Å². The van der Waals surface area contributed by atoms with E-state index in [2.05, 4.69) is 28.2 Å². The molecule has 0 heterocycles. The normalized spacial score (nSPS) is 16.8.